The summed E-state index contributed by atoms with van der Waals surface area (Å²) in [6.07, 6.45) is 6.14. The van der Waals surface area contributed by atoms with E-state index in [4.69, 9.17) is 4.98 Å². The van der Waals surface area contributed by atoms with Crippen LogP contribution in [0.25, 0.3) is 0 Å². The molecule has 4 heterocycles. The van der Waals surface area contributed by atoms with Gasteiger partial charge in [-0.15, -0.1) is 0 Å². The fraction of sp³-hybridized carbons (Fsp3) is 0.579. The van der Waals surface area contributed by atoms with Crippen molar-refractivity contribution in [2.75, 3.05) is 26.7 Å². The lowest BCUT2D eigenvalue weighted by molar-refractivity contribution is -0.132. The molecule has 138 valence electrons. The minimum absolute atomic E-state index is 0.173. The van der Waals surface area contributed by atoms with Crippen molar-refractivity contribution in [3.05, 3.63) is 41.2 Å². The Morgan fingerprint density at radius 1 is 1.35 bits per heavy atom. The number of rotatable bonds is 4. The van der Waals surface area contributed by atoms with Crippen molar-refractivity contribution in [2.45, 2.75) is 45.2 Å². The summed E-state index contributed by atoms with van der Waals surface area (Å²) in [5.74, 6) is 1.59. The van der Waals surface area contributed by atoms with E-state index in [1.54, 1.807) is 6.20 Å². The van der Waals surface area contributed by atoms with Crippen LogP contribution in [0, 0.1) is 6.92 Å². The lowest BCUT2D eigenvalue weighted by atomic mass is 10.0. The molecular formula is C19H26N6O. The van der Waals surface area contributed by atoms with Gasteiger partial charge in [0.1, 0.15) is 5.82 Å². The van der Waals surface area contributed by atoms with E-state index < -0.39 is 0 Å². The van der Waals surface area contributed by atoms with Crippen LogP contribution in [0.4, 0.5) is 0 Å². The number of fused-ring (bicyclic) bond motifs is 1. The second-order valence-electron chi connectivity index (χ2n) is 7.46. The van der Waals surface area contributed by atoms with E-state index in [0.717, 1.165) is 55.3 Å². The Kier molecular flexibility index (Phi) is 4.72. The molecular weight excluding hydrogens is 328 g/mol. The van der Waals surface area contributed by atoms with Gasteiger partial charge in [0, 0.05) is 68.6 Å². The summed E-state index contributed by atoms with van der Waals surface area (Å²) in [5.41, 5.74) is 3.30. The summed E-state index contributed by atoms with van der Waals surface area (Å²) in [4.78, 5) is 26.3. The van der Waals surface area contributed by atoms with Gasteiger partial charge in [0.2, 0.25) is 5.91 Å². The molecule has 1 saturated heterocycles. The van der Waals surface area contributed by atoms with Crippen molar-refractivity contribution in [1.29, 1.82) is 0 Å². The number of hydrogen-bond donors (Lipinski definition) is 0. The van der Waals surface area contributed by atoms with Crippen molar-refractivity contribution < 1.29 is 4.79 Å². The second kappa shape index (κ2) is 7.15. The molecule has 2 aromatic rings. The van der Waals surface area contributed by atoms with Gasteiger partial charge < -0.3 is 9.80 Å². The van der Waals surface area contributed by atoms with Crippen LogP contribution in [0.15, 0.2) is 18.5 Å². The quantitative estimate of drug-likeness (QED) is 0.830. The van der Waals surface area contributed by atoms with Crippen molar-refractivity contribution >= 4 is 5.91 Å². The Hall–Kier alpha value is -2.28. The topological polar surface area (TPSA) is 67.2 Å². The molecule has 1 fully saturated rings. The number of aromatic nitrogens is 4. The zero-order valence-electron chi connectivity index (χ0n) is 15.6. The molecule has 7 heteroatoms. The van der Waals surface area contributed by atoms with Crippen molar-refractivity contribution in [3.8, 4) is 0 Å². The molecule has 0 bridgehead atoms. The van der Waals surface area contributed by atoms with Gasteiger partial charge in [0.15, 0.2) is 0 Å². The Bertz CT molecular complexity index is 801. The Morgan fingerprint density at radius 3 is 2.96 bits per heavy atom. The second-order valence-corrected chi connectivity index (χ2v) is 7.46. The van der Waals surface area contributed by atoms with Gasteiger partial charge in [-0.2, -0.15) is 5.10 Å². The normalized spacial score (nSPS) is 20.4. The summed E-state index contributed by atoms with van der Waals surface area (Å²) >= 11 is 0. The van der Waals surface area contributed by atoms with Gasteiger partial charge >= 0.3 is 0 Å². The monoisotopic (exact) mass is 354 g/mol. The maximum absolute atomic E-state index is 12.6. The van der Waals surface area contributed by atoms with Gasteiger partial charge in [-0.25, -0.2) is 9.97 Å². The lowest BCUT2D eigenvalue weighted by Gasteiger charge is -2.28. The van der Waals surface area contributed by atoms with Crippen LogP contribution in [-0.2, 0) is 24.3 Å². The van der Waals surface area contributed by atoms with E-state index >= 15 is 0 Å². The van der Waals surface area contributed by atoms with E-state index in [0.29, 0.717) is 25.4 Å². The van der Waals surface area contributed by atoms with Gasteiger partial charge in [0.05, 0.1) is 5.69 Å². The van der Waals surface area contributed by atoms with Crippen LogP contribution in [0.2, 0.25) is 0 Å². The number of hydrogen-bond acceptors (Lipinski definition) is 5. The predicted octanol–water partition coefficient (Wildman–Crippen LogP) is 1.38. The van der Waals surface area contributed by atoms with Crippen molar-refractivity contribution in [1.82, 2.24) is 29.5 Å². The van der Waals surface area contributed by atoms with Crippen molar-refractivity contribution in [2.24, 2.45) is 0 Å². The molecule has 1 atom stereocenters. The molecule has 4 rings (SSSR count). The van der Waals surface area contributed by atoms with E-state index in [-0.39, 0.29) is 5.91 Å². The third-order valence-corrected chi connectivity index (χ3v) is 5.53. The number of aryl methyl sites for hydroxylation is 2. The molecule has 2 aliphatic rings. The van der Waals surface area contributed by atoms with E-state index in [1.807, 2.05) is 28.8 Å². The maximum atomic E-state index is 12.6. The molecule has 1 amide bonds. The number of carbonyl (C=O) groups excluding carboxylic acids is 1. The van der Waals surface area contributed by atoms with E-state index in [2.05, 4.69) is 22.0 Å². The third-order valence-electron chi connectivity index (χ3n) is 5.53. The predicted molar refractivity (Wildman–Crippen MR) is 97.6 cm³/mol. The molecule has 0 radical (unpaired) electrons. The summed E-state index contributed by atoms with van der Waals surface area (Å²) < 4.78 is 1.88. The highest BCUT2D eigenvalue weighted by molar-refractivity contribution is 5.76. The molecule has 0 N–H and O–H groups in total. The number of likely N-dealkylation sites (tertiary alicyclic amines) is 1. The SMILES string of the molecule is Cc1ccnn1CCC(=O)N1CCc2nc([C@@H]3CCN(C)C3)ncc2C1. The molecule has 2 aromatic heterocycles. The van der Waals surface area contributed by atoms with E-state index in [9.17, 15) is 4.79 Å². The summed E-state index contributed by atoms with van der Waals surface area (Å²) in [6, 6.07) is 1.96. The zero-order valence-corrected chi connectivity index (χ0v) is 15.6. The van der Waals surface area contributed by atoms with Gasteiger partial charge in [-0.1, -0.05) is 0 Å². The first-order valence-corrected chi connectivity index (χ1v) is 9.39. The zero-order chi connectivity index (χ0) is 18.1. The molecule has 7 nitrogen and oxygen atoms in total. The lowest BCUT2D eigenvalue weighted by Crippen LogP contribution is -2.37. The minimum atomic E-state index is 0.173. The molecule has 0 aliphatic carbocycles. The number of likely N-dealkylation sites (N-methyl/N-ethyl adjacent to an activating group) is 1. The van der Waals surface area contributed by atoms with Crippen LogP contribution in [-0.4, -0.2) is 62.1 Å². The molecule has 0 unspecified atom stereocenters. The average molecular weight is 354 g/mol. The molecule has 0 spiro atoms. The molecule has 26 heavy (non-hydrogen) atoms. The number of amides is 1. The van der Waals surface area contributed by atoms with Crippen LogP contribution in [0.1, 0.15) is 41.5 Å². The average Bonchev–Trinajstić information content (AvgIpc) is 3.27. The van der Waals surface area contributed by atoms with Gasteiger partial charge in [-0.05, 0) is 33.0 Å². The fourth-order valence-corrected chi connectivity index (χ4v) is 3.88. The van der Waals surface area contributed by atoms with Crippen LogP contribution >= 0.6 is 0 Å². The first kappa shape index (κ1) is 17.1. The van der Waals surface area contributed by atoms with Crippen LogP contribution in [0.5, 0.6) is 0 Å². The van der Waals surface area contributed by atoms with Gasteiger partial charge in [-0.3, -0.25) is 9.48 Å². The highest BCUT2D eigenvalue weighted by Crippen LogP contribution is 2.25. The van der Waals surface area contributed by atoms with Gasteiger partial charge in [0.25, 0.3) is 0 Å². The number of carbonyl (C=O) groups is 1. The standard InChI is InChI=1S/C19H26N6O/c1-14-3-7-21-25(14)10-6-18(26)24-9-5-17-16(13-24)11-20-19(22-17)15-4-8-23(2)12-15/h3,7,11,15H,4-6,8-10,12-13H2,1-2H3/t15-/m1/s1. The van der Waals surface area contributed by atoms with Crippen LogP contribution < -0.4 is 0 Å². The van der Waals surface area contributed by atoms with E-state index in [1.165, 1.54) is 0 Å². The summed E-state index contributed by atoms with van der Waals surface area (Å²) in [6.45, 7) is 6.15. The highest BCUT2D eigenvalue weighted by atomic mass is 16.2. The summed E-state index contributed by atoms with van der Waals surface area (Å²) in [5, 5.41) is 4.24. The Labute approximate surface area is 154 Å². The fourth-order valence-electron chi connectivity index (χ4n) is 3.88. The third kappa shape index (κ3) is 3.49. The Balaban J connectivity index is 1.38. The van der Waals surface area contributed by atoms with Crippen molar-refractivity contribution in [3.63, 3.8) is 0 Å². The number of nitrogens with zero attached hydrogens (tertiary/aromatic N) is 6. The van der Waals surface area contributed by atoms with Crippen LogP contribution in [0.3, 0.4) is 0 Å². The first-order chi connectivity index (χ1) is 12.6. The minimum Gasteiger partial charge on any atom is -0.338 e. The highest BCUT2D eigenvalue weighted by Gasteiger charge is 2.26. The molecule has 0 saturated carbocycles. The largest absolute Gasteiger partial charge is 0.338 e. The summed E-state index contributed by atoms with van der Waals surface area (Å²) in [7, 11) is 2.15. The molecule has 0 aromatic carbocycles. The smallest absolute Gasteiger partial charge is 0.224 e. The Morgan fingerprint density at radius 2 is 2.23 bits per heavy atom. The first-order valence-electron chi connectivity index (χ1n) is 9.39. The molecule has 2 aliphatic heterocycles. The maximum Gasteiger partial charge on any atom is 0.224 e.